The molecule has 0 radical (unpaired) electrons. The minimum absolute atomic E-state index is 0.207. The van der Waals surface area contributed by atoms with Crippen molar-refractivity contribution >= 4 is 0 Å². The summed E-state index contributed by atoms with van der Waals surface area (Å²) in [6, 6.07) is 13.2. The van der Waals surface area contributed by atoms with Crippen LogP contribution in [0.5, 0.6) is 5.75 Å². The van der Waals surface area contributed by atoms with Crippen molar-refractivity contribution in [3.05, 3.63) is 60.2 Å². The normalized spacial score (nSPS) is 10.1. The van der Waals surface area contributed by atoms with Crippen molar-refractivity contribution in [2.45, 2.75) is 6.42 Å². The van der Waals surface area contributed by atoms with E-state index in [9.17, 15) is 4.39 Å². The number of ether oxygens (including phenoxy) is 1. The maximum absolute atomic E-state index is 13.1. The highest BCUT2D eigenvalue weighted by Crippen LogP contribution is 2.13. The summed E-state index contributed by atoms with van der Waals surface area (Å²) in [7, 11) is 0. The third kappa shape index (κ3) is 2.79. The molecule has 0 saturated carbocycles. The molecule has 0 N–H and O–H groups in total. The first-order valence-corrected chi connectivity index (χ1v) is 5.13. The second kappa shape index (κ2) is 5.26. The summed E-state index contributed by atoms with van der Waals surface area (Å²) in [6.45, 7) is 0.451. The Morgan fingerprint density at radius 3 is 2.62 bits per heavy atom. The summed E-state index contributed by atoms with van der Waals surface area (Å²) < 4.78 is 18.4. The van der Waals surface area contributed by atoms with Crippen LogP contribution in [0.3, 0.4) is 0 Å². The summed E-state index contributed by atoms with van der Waals surface area (Å²) >= 11 is 0. The van der Waals surface area contributed by atoms with E-state index in [1.54, 1.807) is 12.1 Å². The van der Waals surface area contributed by atoms with Gasteiger partial charge in [0.2, 0.25) is 0 Å². The van der Waals surface area contributed by atoms with Crippen LogP contribution in [0.2, 0.25) is 0 Å². The van der Waals surface area contributed by atoms with Crippen LogP contribution >= 0.6 is 0 Å². The fraction of sp³-hybridized carbons (Fsp3) is 0.154. The number of rotatable bonds is 4. The fourth-order valence-electron chi connectivity index (χ4n) is 1.40. The largest absolute Gasteiger partial charge is 0.488 e. The maximum atomic E-state index is 13.1. The van der Waals surface area contributed by atoms with Crippen LogP contribution in [-0.2, 0) is 6.42 Å². The molecular weight excluding hydrogens is 205 g/mol. The molecule has 16 heavy (non-hydrogen) atoms. The number of aromatic nitrogens is 1. The lowest BCUT2D eigenvalue weighted by molar-refractivity contribution is 0.300. The predicted octanol–water partition coefficient (Wildman–Crippen LogP) is 2.84. The Hall–Kier alpha value is -1.90. The molecule has 0 amide bonds. The number of halogens is 1. The smallest absolute Gasteiger partial charge is 0.255 e. The topological polar surface area (TPSA) is 22.1 Å². The summed E-state index contributed by atoms with van der Waals surface area (Å²) in [5, 5.41) is 0. The molecule has 2 rings (SSSR count). The highest BCUT2D eigenvalue weighted by atomic mass is 19.1. The average Bonchev–Trinajstić information content (AvgIpc) is 2.33. The lowest BCUT2D eigenvalue weighted by atomic mass is 10.2. The number of nitrogens with zero attached hydrogens (tertiary/aromatic N) is 1. The predicted molar refractivity (Wildman–Crippen MR) is 59.8 cm³/mol. The second-order valence-electron chi connectivity index (χ2n) is 3.38. The minimum Gasteiger partial charge on any atom is -0.488 e. The lowest BCUT2D eigenvalue weighted by Crippen LogP contribution is -2.03. The van der Waals surface area contributed by atoms with E-state index in [0.717, 1.165) is 6.42 Å². The summed E-state index contributed by atoms with van der Waals surface area (Å²) in [5.74, 6) is -0.353. The Bertz CT molecular complexity index is 445. The van der Waals surface area contributed by atoms with E-state index >= 15 is 0 Å². The summed E-state index contributed by atoms with van der Waals surface area (Å²) in [5.41, 5.74) is 1.17. The summed E-state index contributed by atoms with van der Waals surface area (Å²) in [6.07, 6.45) is 2.16. The molecule has 2 aromatic rings. The Labute approximate surface area is 93.7 Å². The molecule has 0 aliphatic rings. The Balaban J connectivity index is 1.87. The van der Waals surface area contributed by atoms with Gasteiger partial charge in [0, 0.05) is 12.6 Å². The highest BCUT2D eigenvalue weighted by Gasteiger charge is 2.02. The number of pyridine rings is 1. The van der Waals surface area contributed by atoms with E-state index in [-0.39, 0.29) is 5.75 Å². The van der Waals surface area contributed by atoms with Crippen molar-refractivity contribution < 1.29 is 9.13 Å². The van der Waals surface area contributed by atoms with Gasteiger partial charge in [-0.05, 0) is 17.7 Å². The van der Waals surface area contributed by atoms with E-state index in [1.165, 1.54) is 11.8 Å². The molecule has 2 nitrogen and oxygen atoms in total. The van der Waals surface area contributed by atoms with Gasteiger partial charge in [0.1, 0.15) is 0 Å². The molecule has 0 unspecified atom stereocenters. The molecule has 0 atom stereocenters. The van der Waals surface area contributed by atoms with E-state index in [1.807, 2.05) is 30.3 Å². The van der Waals surface area contributed by atoms with E-state index in [0.29, 0.717) is 6.61 Å². The van der Waals surface area contributed by atoms with Gasteiger partial charge in [-0.15, -0.1) is 0 Å². The monoisotopic (exact) mass is 217 g/mol. The quantitative estimate of drug-likeness (QED) is 0.735. The number of benzene rings is 1. The van der Waals surface area contributed by atoms with Crippen LogP contribution in [0, 0.1) is 5.95 Å². The van der Waals surface area contributed by atoms with Crippen molar-refractivity contribution in [1.29, 1.82) is 0 Å². The Kier molecular flexibility index (Phi) is 3.49. The molecule has 3 heteroatoms. The SMILES string of the molecule is Fc1ncccc1OCCc1ccccc1. The van der Waals surface area contributed by atoms with Crippen molar-refractivity contribution in [2.24, 2.45) is 0 Å². The third-order valence-corrected chi connectivity index (χ3v) is 2.22. The first-order chi connectivity index (χ1) is 7.86. The van der Waals surface area contributed by atoms with Crippen LogP contribution in [0.4, 0.5) is 4.39 Å². The van der Waals surface area contributed by atoms with Gasteiger partial charge in [0.25, 0.3) is 5.95 Å². The fourth-order valence-corrected chi connectivity index (χ4v) is 1.40. The van der Waals surface area contributed by atoms with Crippen LogP contribution in [0.25, 0.3) is 0 Å². The first kappa shape index (κ1) is 10.6. The summed E-state index contributed by atoms with van der Waals surface area (Å²) in [4.78, 5) is 3.51. The van der Waals surface area contributed by atoms with Gasteiger partial charge in [-0.2, -0.15) is 4.39 Å². The van der Waals surface area contributed by atoms with E-state index in [2.05, 4.69) is 4.98 Å². The van der Waals surface area contributed by atoms with Gasteiger partial charge in [0.15, 0.2) is 5.75 Å². The standard InChI is InChI=1S/C13H12FNO/c14-13-12(7-4-9-15-13)16-10-8-11-5-2-1-3-6-11/h1-7,9H,8,10H2. The van der Waals surface area contributed by atoms with Gasteiger partial charge in [-0.25, -0.2) is 4.98 Å². The Morgan fingerprint density at radius 1 is 1.06 bits per heavy atom. The van der Waals surface area contributed by atoms with Crippen molar-refractivity contribution in [3.8, 4) is 5.75 Å². The Morgan fingerprint density at radius 2 is 1.88 bits per heavy atom. The van der Waals surface area contributed by atoms with Gasteiger partial charge in [-0.3, -0.25) is 0 Å². The zero-order valence-electron chi connectivity index (χ0n) is 8.77. The second-order valence-corrected chi connectivity index (χ2v) is 3.38. The van der Waals surface area contributed by atoms with Crippen molar-refractivity contribution in [2.75, 3.05) is 6.61 Å². The van der Waals surface area contributed by atoms with Gasteiger partial charge >= 0.3 is 0 Å². The molecule has 0 spiro atoms. The number of hydrogen-bond donors (Lipinski definition) is 0. The highest BCUT2D eigenvalue weighted by molar-refractivity contribution is 5.18. The molecule has 1 heterocycles. The number of hydrogen-bond acceptors (Lipinski definition) is 2. The minimum atomic E-state index is -0.560. The van der Waals surface area contributed by atoms with Crippen molar-refractivity contribution in [3.63, 3.8) is 0 Å². The molecule has 0 fully saturated rings. The molecule has 82 valence electrons. The zero-order chi connectivity index (χ0) is 11.2. The van der Waals surface area contributed by atoms with E-state index < -0.39 is 5.95 Å². The molecule has 0 aliphatic heterocycles. The van der Waals surface area contributed by atoms with Crippen LogP contribution in [0.15, 0.2) is 48.7 Å². The molecule has 1 aromatic heterocycles. The first-order valence-electron chi connectivity index (χ1n) is 5.13. The molecule has 0 saturated heterocycles. The van der Waals surface area contributed by atoms with Gasteiger partial charge in [-0.1, -0.05) is 30.3 Å². The molecule has 0 aliphatic carbocycles. The zero-order valence-corrected chi connectivity index (χ0v) is 8.77. The van der Waals surface area contributed by atoms with Gasteiger partial charge < -0.3 is 4.74 Å². The molecule has 0 bridgehead atoms. The van der Waals surface area contributed by atoms with E-state index in [4.69, 9.17) is 4.74 Å². The van der Waals surface area contributed by atoms with Crippen LogP contribution in [0.1, 0.15) is 5.56 Å². The third-order valence-electron chi connectivity index (χ3n) is 2.22. The molecular formula is C13H12FNO. The lowest BCUT2D eigenvalue weighted by Gasteiger charge is -2.05. The van der Waals surface area contributed by atoms with Crippen LogP contribution < -0.4 is 4.74 Å². The van der Waals surface area contributed by atoms with Crippen LogP contribution in [-0.4, -0.2) is 11.6 Å². The average molecular weight is 217 g/mol. The van der Waals surface area contributed by atoms with Crippen molar-refractivity contribution in [1.82, 2.24) is 4.98 Å². The maximum Gasteiger partial charge on any atom is 0.255 e. The van der Waals surface area contributed by atoms with Gasteiger partial charge in [0.05, 0.1) is 6.61 Å². The molecule has 1 aromatic carbocycles.